The minimum absolute atomic E-state index is 0.569. The molecule has 0 aromatic rings. The van der Waals surface area contributed by atoms with Crippen molar-refractivity contribution in [2.24, 2.45) is 0 Å². The van der Waals surface area contributed by atoms with E-state index in [0.29, 0.717) is 13.1 Å². The molecule has 0 spiro atoms. The zero-order chi connectivity index (χ0) is 9.23. The summed E-state index contributed by atoms with van der Waals surface area (Å²) >= 11 is 0. The molecule has 0 aromatic heterocycles. The second kappa shape index (κ2) is 8.05. The van der Waals surface area contributed by atoms with Gasteiger partial charge in [-0.25, -0.2) is 0 Å². The predicted octanol–water partition coefficient (Wildman–Crippen LogP) is 1.90. The van der Waals surface area contributed by atoms with E-state index in [4.69, 9.17) is 0 Å². The van der Waals surface area contributed by atoms with Gasteiger partial charge in [-0.1, -0.05) is 31.6 Å². The largest absolute Gasteiger partial charge is 0.327 e. The zero-order valence-electron chi connectivity index (χ0n) is 7.62. The summed E-state index contributed by atoms with van der Waals surface area (Å²) in [5.41, 5.74) is 0. The Hall–Kier alpha value is -1.05. The van der Waals surface area contributed by atoms with E-state index in [1.165, 1.54) is 0 Å². The summed E-state index contributed by atoms with van der Waals surface area (Å²) in [5.74, 6) is 0. The highest BCUT2D eigenvalue weighted by Crippen LogP contribution is 1.90. The first-order valence-corrected chi connectivity index (χ1v) is 4.23. The predicted molar refractivity (Wildman–Crippen MR) is 51.5 cm³/mol. The maximum Gasteiger partial charge on any atom is 0.312 e. The van der Waals surface area contributed by atoms with E-state index in [1.807, 2.05) is 12.5 Å². The Labute approximate surface area is 74.6 Å². The molecule has 0 atom stereocenters. The fraction of sp³-hybridized carbons (Fsp3) is 0.500. The van der Waals surface area contributed by atoms with E-state index in [2.05, 4.69) is 19.6 Å². The third kappa shape index (κ3) is 5.71. The normalized spacial score (nSPS) is 10.1. The summed E-state index contributed by atoms with van der Waals surface area (Å²) in [6.45, 7) is 6.87. The second-order valence-corrected chi connectivity index (χ2v) is 2.55. The van der Waals surface area contributed by atoms with Crippen LogP contribution >= 0.6 is 0 Å². The number of nitrogens with zero attached hydrogens (tertiary/aromatic N) is 1. The third-order valence-electron chi connectivity index (χ3n) is 1.43. The van der Waals surface area contributed by atoms with Crippen LogP contribution in [0.3, 0.4) is 0 Å². The van der Waals surface area contributed by atoms with Crippen molar-refractivity contribution in [2.75, 3.05) is 13.1 Å². The summed E-state index contributed by atoms with van der Waals surface area (Å²) in [6.07, 6.45) is 9.81. The maximum atomic E-state index is 10.3. The minimum Gasteiger partial charge on any atom is -0.327 e. The quantitative estimate of drug-likeness (QED) is 0.418. The van der Waals surface area contributed by atoms with Gasteiger partial charge in [-0.3, -0.25) is 4.79 Å². The molecule has 67 valence electrons. The third-order valence-corrected chi connectivity index (χ3v) is 1.43. The van der Waals surface area contributed by atoms with Gasteiger partial charge >= 0.3 is 6.41 Å². The SMILES string of the molecule is C=CCN([C]=O)CC=CCCC. The molecule has 0 saturated heterocycles. The number of amides is 1. The lowest BCUT2D eigenvalue weighted by Gasteiger charge is -2.09. The Kier molecular flexibility index (Phi) is 7.35. The zero-order valence-corrected chi connectivity index (χ0v) is 7.62. The highest BCUT2D eigenvalue weighted by atomic mass is 16.1. The molecule has 0 saturated carbocycles. The van der Waals surface area contributed by atoms with E-state index in [0.717, 1.165) is 12.8 Å². The van der Waals surface area contributed by atoms with Gasteiger partial charge in [-0.15, -0.1) is 6.58 Å². The van der Waals surface area contributed by atoms with Crippen LogP contribution in [0.25, 0.3) is 0 Å². The molecular weight excluding hydrogens is 150 g/mol. The molecule has 0 aliphatic carbocycles. The fourth-order valence-corrected chi connectivity index (χ4v) is 0.791. The van der Waals surface area contributed by atoms with Crippen LogP contribution in [0.15, 0.2) is 24.8 Å². The average molecular weight is 166 g/mol. The van der Waals surface area contributed by atoms with Crippen LogP contribution in [0.1, 0.15) is 19.8 Å². The number of carbonyl (C=O) groups excluding carboxylic acids is 1. The van der Waals surface area contributed by atoms with Crippen LogP contribution in [-0.4, -0.2) is 24.4 Å². The molecule has 12 heavy (non-hydrogen) atoms. The summed E-state index contributed by atoms with van der Waals surface area (Å²) in [7, 11) is 0. The number of hydrogen-bond donors (Lipinski definition) is 0. The van der Waals surface area contributed by atoms with Gasteiger partial charge in [0.15, 0.2) is 0 Å². The lowest BCUT2D eigenvalue weighted by molar-refractivity contribution is 0.437. The van der Waals surface area contributed by atoms with Gasteiger partial charge in [0.2, 0.25) is 0 Å². The van der Waals surface area contributed by atoms with Gasteiger partial charge in [0, 0.05) is 13.1 Å². The lowest BCUT2D eigenvalue weighted by atomic mass is 10.3. The fourth-order valence-electron chi connectivity index (χ4n) is 0.791. The van der Waals surface area contributed by atoms with Crippen LogP contribution in [-0.2, 0) is 4.79 Å². The second-order valence-electron chi connectivity index (χ2n) is 2.55. The van der Waals surface area contributed by atoms with Crippen molar-refractivity contribution in [3.63, 3.8) is 0 Å². The molecule has 0 aliphatic rings. The van der Waals surface area contributed by atoms with Crippen LogP contribution in [0.2, 0.25) is 0 Å². The molecule has 0 aliphatic heterocycles. The van der Waals surface area contributed by atoms with Crippen LogP contribution in [0, 0.1) is 0 Å². The summed E-state index contributed by atoms with van der Waals surface area (Å²) in [4.78, 5) is 11.8. The van der Waals surface area contributed by atoms with Crippen molar-refractivity contribution in [2.45, 2.75) is 19.8 Å². The molecule has 0 N–H and O–H groups in total. The van der Waals surface area contributed by atoms with Gasteiger partial charge in [0.1, 0.15) is 0 Å². The molecule has 0 unspecified atom stereocenters. The van der Waals surface area contributed by atoms with Crippen molar-refractivity contribution in [3.05, 3.63) is 24.8 Å². The summed E-state index contributed by atoms with van der Waals surface area (Å²) < 4.78 is 0. The molecule has 1 radical (unpaired) electrons. The molecule has 0 bridgehead atoms. The summed E-state index contributed by atoms with van der Waals surface area (Å²) in [6, 6.07) is 0. The monoisotopic (exact) mass is 166 g/mol. The Balaban J connectivity index is 3.56. The smallest absolute Gasteiger partial charge is 0.312 e. The molecule has 0 rings (SSSR count). The minimum atomic E-state index is 0.569. The molecule has 2 nitrogen and oxygen atoms in total. The van der Waals surface area contributed by atoms with Gasteiger partial charge in [-0.05, 0) is 6.42 Å². The van der Waals surface area contributed by atoms with Crippen molar-refractivity contribution in [1.82, 2.24) is 4.90 Å². The molecule has 0 aromatic carbocycles. The van der Waals surface area contributed by atoms with Crippen LogP contribution < -0.4 is 0 Å². The van der Waals surface area contributed by atoms with Crippen LogP contribution in [0.5, 0.6) is 0 Å². The molecular formula is C10H16NO. The molecule has 1 amide bonds. The topological polar surface area (TPSA) is 20.3 Å². The van der Waals surface area contributed by atoms with E-state index in [-0.39, 0.29) is 0 Å². The molecule has 0 fully saturated rings. The Morgan fingerprint density at radius 3 is 2.67 bits per heavy atom. The summed E-state index contributed by atoms with van der Waals surface area (Å²) in [5, 5.41) is 0. The van der Waals surface area contributed by atoms with Crippen molar-refractivity contribution < 1.29 is 4.79 Å². The van der Waals surface area contributed by atoms with Gasteiger partial charge < -0.3 is 4.90 Å². The first-order chi connectivity index (χ1) is 5.85. The first-order valence-electron chi connectivity index (χ1n) is 4.23. The van der Waals surface area contributed by atoms with E-state index in [9.17, 15) is 4.79 Å². The molecule has 2 heteroatoms. The van der Waals surface area contributed by atoms with E-state index in [1.54, 1.807) is 11.0 Å². The van der Waals surface area contributed by atoms with Crippen molar-refractivity contribution in [3.8, 4) is 0 Å². The molecule has 0 heterocycles. The Bertz CT molecular complexity index is 152. The first kappa shape index (κ1) is 11.0. The average Bonchev–Trinajstić information content (AvgIpc) is 2.10. The van der Waals surface area contributed by atoms with Gasteiger partial charge in [0.05, 0.1) is 0 Å². The Morgan fingerprint density at radius 2 is 2.17 bits per heavy atom. The lowest BCUT2D eigenvalue weighted by Crippen LogP contribution is -2.21. The van der Waals surface area contributed by atoms with E-state index >= 15 is 0 Å². The number of unbranched alkanes of at least 4 members (excludes halogenated alkanes) is 1. The van der Waals surface area contributed by atoms with Crippen LogP contribution in [0.4, 0.5) is 0 Å². The maximum absolute atomic E-state index is 10.3. The Morgan fingerprint density at radius 1 is 1.42 bits per heavy atom. The number of allylic oxidation sites excluding steroid dienone is 1. The van der Waals surface area contributed by atoms with Gasteiger partial charge in [-0.2, -0.15) is 0 Å². The highest BCUT2D eigenvalue weighted by Gasteiger charge is 1.94. The standard InChI is InChI=1S/C10H16NO/c1-3-5-6-7-9-11(10-12)8-4-2/h4,6-7H,2-3,5,8-9H2,1H3. The van der Waals surface area contributed by atoms with Crippen molar-refractivity contribution in [1.29, 1.82) is 0 Å². The highest BCUT2D eigenvalue weighted by molar-refractivity contribution is 5.48. The van der Waals surface area contributed by atoms with Crippen molar-refractivity contribution >= 4 is 6.41 Å². The number of hydrogen-bond acceptors (Lipinski definition) is 1. The van der Waals surface area contributed by atoms with Gasteiger partial charge in [0.25, 0.3) is 0 Å². The number of rotatable bonds is 7. The van der Waals surface area contributed by atoms with E-state index < -0.39 is 0 Å².